The highest BCUT2D eigenvalue weighted by molar-refractivity contribution is 5.66. The highest BCUT2D eigenvalue weighted by atomic mass is 19.1. The lowest BCUT2D eigenvalue weighted by Crippen LogP contribution is -1.92. The molecular weight excluding hydrogens is 215 g/mol. The summed E-state index contributed by atoms with van der Waals surface area (Å²) < 4.78 is 23.2. The van der Waals surface area contributed by atoms with E-state index in [2.05, 4.69) is 9.68 Å². The number of nitrogens with zero attached hydrogens (tertiary/aromatic N) is 1. The van der Waals surface area contributed by atoms with Crippen LogP contribution in [0.1, 0.15) is 0 Å². The van der Waals surface area contributed by atoms with Crippen LogP contribution in [0.15, 0.2) is 22.7 Å². The monoisotopic (exact) mass is 224 g/mol. The smallest absolute Gasteiger partial charge is 0.222 e. The van der Waals surface area contributed by atoms with E-state index in [0.29, 0.717) is 0 Å². The molecule has 84 valence electrons. The Bertz CT molecular complexity index is 525. The lowest BCUT2D eigenvalue weighted by atomic mass is 10.1. The topological polar surface area (TPSA) is 81.5 Å². The number of hydrogen-bond donors (Lipinski definition) is 2. The van der Waals surface area contributed by atoms with Crippen LogP contribution >= 0.6 is 0 Å². The molecule has 0 saturated heterocycles. The van der Waals surface area contributed by atoms with E-state index in [0.717, 1.165) is 0 Å². The summed E-state index contributed by atoms with van der Waals surface area (Å²) in [6, 6.07) is 4.06. The van der Waals surface area contributed by atoms with Crippen LogP contribution in [0.4, 0.5) is 10.3 Å². The molecule has 0 aliphatic heterocycles. The van der Waals surface area contributed by atoms with Gasteiger partial charge in [0.1, 0.15) is 5.69 Å². The summed E-state index contributed by atoms with van der Waals surface area (Å²) in [5, 5.41) is 12.9. The Labute approximate surface area is 90.2 Å². The minimum atomic E-state index is -0.712. The number of halogens is 1. The van der Waals surface area contributed by atoms with Gasteiger partial charge in [0.05, 0.1) is 7.11 Å². The molecule has 0 aliphatic rings. The third kappa shape index (κ3) is 1.54. The van der Waals surface area contributed by atoms with Crippen molar-refractivity contribution >= 4 is 5.88 Å². The first kappa shape index (κ1) is 10.3. The van der Waals surface area contributed by atoms with Gasteiger partial charge >= 0.3 is 0 Å². The molecule has 0 amide bonds. The lowest BCUT2D eigenvalue weighted by Gasteiger charge is -2.06. The average Bonchev–Trinajstić information content (AvgIpc) is 2.65. The van der Waals surface area contributed by atoms with Gasteiger partial charge in [0, 0.05) is 11.6 Å². The summed E-state index contributed by atoms with van der Waals surface area (Å²) in [5.74, 6) is -1.14. The van der Waals surface area contributed by atoms with Crippen LogP contribution in [-0.2, 0) is 0 Å². The van der Waals surface area contributed by atoms with Gasteiger partial charge in [-0.1, -0.05) is 5.16 Å². The summed E-state index contributed by atoms with van der Waals surface area (Å²) in [4.78, 5) is 0. The van der Waals surface area contributed by atoms with E-state index in [9.17, 15) is 9.50 Å². The van der Waals surface area contributed by atoms with E-state index in [1.165, 1.54) is 25.3 Å². The van der Waals surface area contributed by atoms with Gasteiger partial charge in [-0.2, -0.15) is 0 Å². The van der Waals surface area contributed by atoms with Crippen LogP contribution in [0.2, 0.25) is 0 Å². The predicted molar refractivity (Wildman–Crippen MR) is 54.5 cm³/mol. The number of nitrogens with two attached hydrogens (primary N) is 1. The van der Waals surface area contributed by atoms with Gasteiger partial charge < -0.3 is 20.1 Å². The summed E-state index contributed by atoms with van der Waals surface area (Å²) in [6.07, 6.45) is 0. The van der Waals surface area contributed by atoms with Crippen molar-refractivity contribution in [2.24, 2.45) is 0 Å². The third-order valence-corrected chi connectivity index (χ3v) is 2.08. The molecule has 2 rings (SSSR count). The summed E-state index contributed by atoms with van der Waals surface area (Å²) in [5.41, 5.74) is 5.73. The molecule has 0 unspecified atom stereocenters. The second-order valence-corrected chi connectivity index (χ2v) is 3.09. The van der Waals surface area contributed by atoms with Crippen LogP contribution in [-0.4, -0.2) is 17.4 Å². The zero-order valence-corrected chi connectivity index (χ0v) is 8.40. The van der Waals surface area contributed by atoms with E-state index in [1.807, 2.05) is 0 Å². The van der Waals surface area contributed by atoms with Gasteiger partial charge in [-0.15, -0.1) is 0 Å². The predicted octanol–water partition coefficient (Wildman–Crippen LogP) is 1.78. The molecule has 0 spiro atoms. The first-order valence-electron chi connectivity index (χ1n) is 4.41. The van der Waals surface area contributed by atoms with Gasteiger partial charge in [0.25, 0.3) is 0 Å². The number of methoxy groups -OCH3 is 1. The maximum Gasteiger partial charge on any atom is 0.222 e. The molecule has 0 fully saturated rings. The zero-order chi connectivity index (χ0) is 11.7. The van der Waals surface area contributed by atoms with Crippen molar-refractivity contribution in [2.45, 2.75) is 0 Å². The molecule has 6 heteroatoms. The fraction of sp³-hybridized carbons (Fsp3) is 0.100. The van der Waals surface area contributed by atoms with Crippen molar-refractivity contribution < 1.29 is 18.8 Å². The maximum absolute atomic E-state index is 13.8. The van der Waals surface area contributed by atoms with Gasteiger partial charge in [0.2, 0.25) is 5.88 Å². The number of nitrogen functional groups attached to an aromatic ring is 1. The van der Waals surface area contributed by atoms with Crippen molar-refractivity contribution in [3.63, 3.8) is 0 Å². The van der Waals surface area contributed by atoms with E-state index in [-0.39, 0.29) is 28.6 Å². The number of phenols is 1. The van der Waals surface area contributed by atoms with Gasteiger partial charge in [0.15, 0.2) is 17.3 Å². The van der Waals surface area contributed by atoms with Crippen LogP contribution in [0.5, 0.6) is 11.5 Å². The van der Waals surface area contributed by atoms with Crippen LogP contribution in [0.25, 0.3) is 11.3 Å². The SMILES string of the molecule is COc1c(O)ccc(-c2cc(N)on2)c1F. The number of benzene rings is 1. The minimum Gasteiger partial charge on any atom is -0.504 e. The first-order valence-corrected chi connectivity index (χ1v) is 4.41. The lowest BCUT2D eigenvalue weighted by molar-refractivity contribution is 0.351. The fourth-order valence-corrected chi connectivity index (χ4v) is 1.35. The first-order chi connectivity index (χ1) is 7.63. The minimum absolute atomic E-state index is 0.0847. The highest BCUT2D eigenvalue weighted by Gasteiger charge is 2.17. The normalized spacial score (nSPS) is 10.4. The van der Waals surface area contributed by atoms with Crippen molar-refractivity contribution in [3.05, 3.63) is 24.0 Å². The molecule has 0 saturated carbocycles. The van der Waals surface area contributed by atoms with E-state index < -0.39 is 5.82 Å². The van der Waals surface area contributed by atoms with Crippen molar-refractivity contribution in [3.8, 4) is 22.8 Å². The van der Waals surface area contributed by atoms with E-state index in [1.54, 1.807) is 0 Å². The molecular formula is C10H9FN2O3. The Morgan fingerprint density at radius 1 is 1.50 bits per heavy atom. The Morgan fingerprint density at radius 2 is 2.25 bits per heavy atom. The summed E-state index contributed by atoms with van der Waals surface area (Å²) in [7, 11) is 1.26. The van der Waals surface area contributed by atoms with Crippen LogP contribution in [0.3, 0.4) is 0 Å². The molecule has 0 bridgehead atoms. The van der Waals surface area contributed by atoms with Gasteiger partial charge in [-0.25, -0.2) is 4.39 Å². The quantitative estimate of drug-likeness (QED) is 0.812. The average molecular weight is 224 g/mol. The van der Waals surface area contributed by atoms with E-state index >= 15 is 0 Å². The number of ether oxygens (including phenoxy) is 1. The molecule has 0 aliphatic carbocycles. The zero-order valence-electron chi connectivity index (χ0n) is 8.40. The molecule has 2 aromatic rings. The Kier molecular flexibility index (Phi) is 2.40. The standard InChI is InChI=1S/C10H9FN2O3/c1-15-10-7(14)3-2-5(9(10)11)6-4-8(12)16-13-6/h2-4,14H,12H2,1H3. The molecule has 16 heavy (non-hydrogen) atoms. The number of anilines is 1. The maximum atomic E-state index is 13.8. The molecule has 1 aromatic heterocycles. The van der Waals surface area contributed by atoms with Gasteiger partial charge in [-0.05, 0) is 12.1 Å². The number of hydrogen-bond acceptors (Lipinski definition) is 5. The van der Waals surface area contributed by atoms with Crippen LogP contribution in [0, 0.1) is 5.82 Å². The van der Waals surface area contributed by atoms with Crippen molar-refractivity contribution in [2.75, 3.05) is 12.8 Å². The fourth-order valence-electron chi connectivity index (χ4n) is 1.35. The molecule has 0 radical (unpaired) electrons. The van der Waals surface area contributed by atoms with Crippen LogP contribution < -0.4 is 10.5 Å². The second-order valence-electron chi connectivity index (χ2n) is 3.09. The molecule has 5 nitrogen and oxygen atoms in total. The number of aromatic nitrogens is 1. The van der Waals surface area contributed by atoms with Crippen molar-refractivity contribution in [1.82, 2.24) is 5.16 Å². The summed E-state index contributed by atoms with van der Waals surface area (Å²) >= 11 is 0. The number of rotatable bonds is 2. The molecule has 0 atom stereocenters. The Hall–Kier alpha value is -2.24. The van der Waals surface area contributed by atoms with Gasteiger partial charge in [-0.3, -0.25) is 0 Å². The second kappa shape index (κ2) is 3.73. The van der Waals surface area contributed by atoms with E-state index in [4.69, 9.17) is 10.5 Å². The largest absolute Gasteiger partial charge is 0.504 e. The number of phenolic OH excluding ortho intramolecular Hbond substituents is 1. The molecule has 1 heterocycles. The summed E-state index contributed by atoms with van der Waals surface area (Å²) in [6.45, 7) is 0. The molecule has 1 aromatic carbocycles. The van der Waals surface area contributed by atoms with Crippen molar-refractivity contribution in [1.29, 1.82) is 0 Å². The number of aromatic hydroxyl groups is 1. The molecule has 3 N–H and O–H groups in total. The Morgan fingerprint density at radius 3 is 2.81 bits per heavy atom. The highest BCUT2D eigenvalue weighted by Crippen LogP contribution is 2.35. The third-order valence-electron chi connectivity index (χ3n) is 2.08. The Balaban J connectivity index is 2.58.